The zero-order chi connectivity index (χ0) is 18.8. The summed E-state index contributed by atoms with van der Waals surface area (Å²) in [6.07, 6.45) is 4.50. The Bertz CT molecular complexity index is 649. The van der Waals surface area contributed by atoms with E-state index in [0.29, 0.717) is 28.4 Å². The van der Waals surface area contributed by atoms with Crippen LogP contribution in [-0.2, 0) is 9.57 Å². The number of aliphatic hydroxyl groups excluding tert-OH is 1. The monoisotopic (exact) mass is 349 g/mol. The average Bonchev–Trinajstić information content (AvgIpc) is 2.63. The van der Waals surface area contributed by atoms with Crippen LogP contribution in [0.2, 0.25) is 0 Å². The number of ether oxygens (including phenoxy) is 3. The second kappa shape index (κ2) is 10.4. The third-order valence-electron chi connectivity index (χ3n) is 3.53. The van der Waals surface area contributed by atoms with Gasteiger partial charge in [-0.15, -0.1) is 0 Å². The summed E-state index contributed by atoms with van der Waals surface area (Å²) in [5, 5.41) is 10.7. The summed E-state index contributed by atoms with van der Waals surface area (Å²) in [5.41, 5.74) is 4.86. The zero-order valence-electron chi connectivity index (χ0n) is 15.6. The van der Waals surface area contributed by atoms with Crippen LogP contribution in [0.25, 0.3) is 0 Å². The Hall–Kier alpha value is -2.44. The van der Waals surface area contributed by atoms with Gasteiger partial charge in [0.05, 0.1) is 28.4 Å². The number of hydroxylamine groups is 1. The Kier molecular flexibility index (Phi) is 8.60. The van der Waals surface area contributed by atoms with Crippen molar-refractivity contribution in [3.63, 3.8) is 0 Å². The van der Waals surface area contributed by atoms with Crippen molar-refractivity contribution in [1.82, 2.24) is 5.48 Å². The predicted molar refractivity (Wildman–Crippen MR) is 97.3 cm³/mol. The normalized spacial score (nSPS) is 14.1. The Morgan fingerprint density at radius 1 is 1.08 bits per heavy atom. The molecule has 0 aliphatic rings. The SMILES string of the molecule is CON/C(C)=C/C=C(\C=C(/C)C(O)c1cc(OC)ccc1OC)OC. The van der Waals surface area contributed by atoms with Gasteiger partial charge in [-0.2, -0.15) is 0 Å². The second-order valence-corrected chi connectivity index (χ2v) is 5.33. The summed E-state index contributed by atoms with van der Waals surface area (Å²) in [6.45, 7) is 3.68. The molecule has 0 amide bonds. The molecule has 6 heteroatoms. The van der Waals surface area contributed by atoms with Gasteiger partial charge in [0.1, 0.15) is 23.4 Å². The molecule has 1 aromatic carbocycles. The van der Waals surface area contributed by atoms with E-state index in [0.717, 1.165) is 5.70 Å². The van der Waals surface area contributed by atoms with Gasteiger partial charge in [-0.25, -0.2) is 0 Å². The Morgan fingerprint density at radius 2 is 1.80 bits per heavy atom. The first-order valence-corrected chi connectivity index (χ1v) is 7.76. The molecular weight excluding hydrogens is 322 g/mol. The van der Waals surface area contributed by atoms with Crippen molar-refractivity contribution < 1.29 is 24.2 Å². The summed E-state index contributed by atoms with van der Waals surface area (Å²) >= 11 is 0. The number of hydrogen-bond acceptors (Lipinski definition) is 6. The third kappa shape index (κ3) is 6.17. The predicted octanol–water partition coefficient (Wildman–Crippen LogP) is 3.27. The van der Waals surface area contributed by atoms with Crippen molar-refractivity contribution in [1.29, 1.82) is 0 Å². The number of hydrogen-bond donors (Lipinski definition) is 2. The molecule has 0 aliphatic heterocycles. The molecule has 0 saturated heterocycles. The highest BCUT2D eigenvalue weighted by atomic mass is 16.6. The van der Waals surface area contributed by atoms with Gasteiger partial charge in [-0.3, -0.25) is 10.3 Å². The molecule has 0 aliphatic carbocycles. The smallest absolute Gasteiger partial charge is 0.125 e. The number of benzene rings is 1. The fraction of sp³-hybridized carbons (Fsp3) is 0.368. The van der Waals surface area contributed by atoms with Gasteiger partial charge in [0.15, 0.2) is 0 Å². The van der Waals surface area contributed by atoms with Crippen LogP contribution in [0.15, 0.2) is 53.5 Å². The molecule has 1 aromatic rings. The van der Waals surface area contributed by atoms with E-state index in [1.54, 1.807) is 58.8 Å². The van der Waals surface area contributed by atoms with Gasteiger partial charge in [-0.05, 0) is 55.8 Å². The molecule has 1 unspecified atom stereocenters. The highest BCUT2D eigenvalue weighted by Gasteiger charge is 2.16. The standard InChI is InChI=1S/C19H27NO5/c1-13(11-15(22-3)8-7-14(2)20-25-6)19(21)17-12-16(23-4)9-10-18(17)24-5/h7-12,19-21H,1-6H3/b13-11+,14-7+,15-8+. The van der Waals surface area contributed by atoms with Crippen LogP contribution in [0.3, 0.4) is 0 Å². The fourth-order valence-electron chi connectivity index (χ4n) is 2.18. The van der Waals surface area contributed by atoms with Crippen LogP contribution in [-0.4, -0.2) is 33.5 Å². The minimum absolute atomic E-state index is 0.587. The van der Waals surface area contributed by atoms with E-state index in [2.05, 4.69) is 5.48 Å². The number of nitrogens with one attached hydrogen (secondary N) is 1. The van der Waals surface area contributed by atoms with Crippen LogP contribution >= 0.6 is 0 Å². The van der Waals surface area contributed by atoms with Gasteiger partial charge in [-0.1, -0.05) is 0 Å². The minimum Gasteiger partial charge on any atom is -0.497 e. The molecule has 25 heavy (non-hydrogen) atoms. The molecule has 0 radical (unpaired) electrons. The molecule has 0 aromatic heterocycles. The van der Waals surface area contributed by atoms with Crippen LogP contribution < -0.4 is 15.0 Å². The molecule has 0 heterocycles. The highest BCUT2D eigenvalue weighted by Crippen LogP contribution is 2.33. The molecular formula is C19H27NO5. The van der Waals surface area contributed by atoms with Gasteiger partial charge in [0.25, 0.3) is 0 Å². The summed E-state index contributed by atoms with van der Waals surface area (Å²) in [5.74, 6) is 1.83. The van der Waals surface area contributed by atoms with E-state index in [-0.39, 0.29) is 0 Å². The molecule has 0 fully saturated rings. The van der Waals surface area contributed by atoms with Crippen molar-refractivity contribution >= 4 is 0 Å². The lowest BCUT2D eigenvalue weighted by Gasteiger charge is -2.17. The molecule has 0 bridgehead atoms. The van der Waals surface area contributed by atoms with Crippen molar-refractivity contribution in [2.75, 3.05) is 28.4 Å². The Labute approximate surface area is 149 Å². The summed E-state index contributed by atoms with van der Waals surface area (Å²) in [4.78, 5) is 4.82. The first-order valence-electron chi connectivity index (χ1n) is 7.76. The lowest BCUT2D eigenvalue weighted by atomic mass is 10.0. The lowest BCUT2D eigenvalue weighted by molar-refractivity contribution is 0.118. The molecule has 1 rings (SSSR count). The molecule has 6 nitrogen and oxygen atoms in total. The summed E-state index contributed by atoms with van der Waals surface area (Å²) < 4.78 is 15.9. The second-order valence-electron chi connectivity index (χ2n) is 5.33. The number of aliphatic hydroxyl groups is 1. The zero-order valence-corrected chi connectivity index (χ0v) is 15.6. The van der Waals surface area contributed by atoms with Gasteiger partial charge in [0, 0.05) is 11.3 Å². The number of rotatable bonds is 9. The maximum atomic E-state index is 10.7. The van der Waals surface area contributed by atoms with E-state index in [1.807, 2.05) is 19.9 Å². The van der Waals surface area contributed by atoms with Crippen LogP contribution in [0.1, 0.15) is 25.5 Å². The first-order chi connectivity index (χ1) is 12.0. The third-order valence-corrected chi connectivity index (χ3v) is 3.53. The average molecular weight is 349 g/mol. The van der Waals surface area contributed by atoms with Crippen molar-refractivity contribution in [3.8, 4) is 11.5 Å². The van der Waals surface area contributed by atoms with E-state index in [4.69, 9.17) is 19.0 Å². The fourth-order valence-corrected chi connectivity index (χ4v) is 2.18. The maximum Gasteiger partial charge on any atom is 0.125 e. The van der Waals surface area contributed by atoms with Crippen molar-refractivity contribution in [2.45, 2.75) is 20.0 Å². The topological polar surface area (TPSA) is 69.2 Å². The van der Waals surface area contributed by atoms with Gasteiger partial charge >= 0.3 is 0 Å². The summed E-state index contributed by atoms with van der Waals surface area (Å²) in [7, 11) is 6.25. The van der Waals surface area contributed by atoms with E-state index in [9.17, 15) is 5.11 Å². The quantitative estimate of drug-likeness (QED) is 0.405. The van der Waals surface area contributed by atoms with Crippen molar-refractivity contribution in [3.05, 3.63) is 59.0 Å². The molecule has 0 saturated carbocycles. The van der Waals surface area contributed by atoms with Crippen LogP contribution in [0.4, 0.5) is 0 Å². The summed E-state index contributed by atoms with van der Waals surface area (Å²) in [6, 6.07) is 5.30. The highest BCUT2D eigenvalue weighted by molar-refractivity contribution is 5.44. The molecule has 138 valence electrons. The first kappa shape index (κ1) is 20.6. The number of methoxy groups -OCH3 is 3. The van der Waals surface area contributed by atoms with Gasteiger partial charge < -0.3 is 19.3 Å². The van der Waals surface area contributed by atoms with E-state index >= 15 is 0 Å². The Morgan fingerprint density at radius 3 is 2.36 bits per heavy atom. The maximum absolute atomic E-state index is 10.7. The largest absolute Gasteiger partial charge is 0.497 e. The van der Waals surface area contributed by atoms with E-state index < -0.39 is 6.10 Å². The lowest BCUT2D eigenvalue weighted by Crippen LogP contribution is -2.07. The number of allylic oxidation sites excluding steroid dienone is 4. The van der Waals surface area contributed by atoms with E-state index in [1.165, 1.54) is 0 Å². The Balaban J connectivity index is 3.11. The molecule has 1 atom stereocenters. The van der Waals surface area contributed by atoms with Crippen LogP contribution in [0, 0.1) is 0 Å². The minimum atomic E-state index is -0.856. The molecule has 0 spiro atoms. The van der Waals surface area contributed by atoms with Crippen LogP contribution in [0.5, 0.6) is 11.5 Å². The van der Waals surface area contributed by atoms with Crippen molar-refractivity contribution in [2.24, 2.45) is 0 Å². The van der Waals surface area contributed by atoms with Gasteiger partial charge in [0.2, 0.25) is 0 Å². The molecule has 2 N–H and O–H groups in total.